The van der Waals surface area contributed by atoms with Crippen LogP contribution in [0.3, 0.4) is 0 Å². The van der Waals surface area contributed by atoms with Crippen LogP contribution in [-0.2, 0) is 0 Å². The smallest absolute Gasteiger partial charge is 0.0933 e. The normalized spacial score (nSPS) is 23.1. The SMILES string of the molecule is CC(C)C1CCC(Nc2cccc3cccnc23)CC1. The Balaban J connectivity index is 1.72. The van der Waals surface area contributed by atoms with Gasteiger partial charge in [-0.1, -0.05) is 32.0 Å². The molecule has 2 aromatic rings. The fourth-order valence-corrected chi connectivity index (χ4v) is 3.37. The molecule has 3 rings (SSSR count). The van der Waals surface area contributed by atoms with Gasteiger partial charge < -0.3 is 5.32 Å². The topological polar surface area (TPSA) is 24.9 Å². The number of hydrogen-bond donors (Lipinski definition) is 1. The first-order valence-electron chi connectivity index (χ1n) is 7.84. The molecule has 0 amide bonds. The average Bonchev–Trinajstić information content (AvgIpc) is 2.48. The summed E-state index contributed by atoms with van der Waals surface area (Å²) in [5, 5.41) is 4.94. The standard InChI is InChI=1S/C18H24N2/c1-13(2)14-8-10-16(11-9-14)20-17-7-3-5-15-6-4-12-19-18(15)17/h3-7,12-14,16,20H,8-11H2,1-2H3. The Morgan fingerprint density at radius 3 is 2.55 bits per heavy atom. The number of aromatic nitrogens is 1. The molecule has 1 aromatic carbocycles. The number of anilines is 1. The molecule has 1 saturated carbocycles. The van der Waals surface area contributed by atoms with Gasteiger partial charge in [0, 0.05) is 17.6 Å². The van der Waals surface area contributed by atoms with E-state index in [1.165, 1.54) is 36.8 Å². The zero-order chi connectivity index (χ0) is 13.9. The molecule has 1 heterocycles. The molecule has 0 radical (unpaired) electrons. The zero-order valence-corrected chi connectivity index (χ0v) is 12.5. The third-order valence-electron chi connectivity index (χ3n) is 4.71. The van der Waals surface area contributed by atoms with Crippen LogP contribution in [0.2, 0.25) is 0 Å². The molecule has 106 valence electrons. The minimum absolute atomic E-state index is 0.609. The summed E-state index contributed by atoms with van der Waals surface area (Å²) < 4.78 is 0. The Morgan fingerprint density at radius 1 is 1.05 bits per heavy atom. The van der Waals surface area contributed by atoms with Crippen LogP contribution in [0.4, 0.5) is 5.69 Å². The summed E-state index contributed by atoms with van der Waals surface area (Å²) >= 11 is 0. The van der Waals surface area contributed by atoms with Crippen LogP contribution in [-0.4, -0.2) is 11.0 Å². The first-order chi connectivity index (χ1) is 9.74. The number of hydrogen-bond acceptors (Lipinski definition) is 2. The van der Waals surface area contributed by atoms with Crippen molar-refractivity contribution >= 4 is 16.6 Å². The van der Waals surface area contributed by atoms with E-state index in [4.69, 9.17) is 0 Å². The molecule has 0 saturated heterocycles. The molecule has 0 unspecified atom stereocenters. The molecular weight excluding hydrogens is 244 g/mol. The maximum Gasteiger partial charge on any atom is 0.0933 e. The van der Waals surface area contributed by atoms with Crippen LogP contribution in [0.1, 0.15) is 39.5 Å². The van der Waals surface area contributed by atoms with E-state index < -0.39 is 0 Å². The van der Waals surface area contributed by atoms with Gasteiger partial charge in [0.1, 0.15) is 0 Å². The zero-order valence-electron chi connectivity index (χ0n) is 12.5. The van der Waals surface area contributed by atoms with Gasteiger partial charge in [0.15, 0.2) is 0 Å². The van der Waals surface area contributed by atoms with Gasteiger partial charge in [-0.3, -0.25) is 4.98 Å². The molecular formula is C18H24N2. The molecule has 1 fully saturated rings. The maximum atomic E-state index is 4.53. The van der Waals surface area contributed by atoms with Gasteiger partial charge in [0.05, 0.1) is 11.2 Å². The largest absolute Gasteiger partial charge is 0.381 e. The van der Waals surface area contributed by atoms with Gasteiger partial charge in [-0.2, -0.15) is 0 Å². The number of nitrogens with one attached hydrogen (secondary N) is 1. The van der Waals surface area contributed by atoms with Gasteiger partial charge in [-0.25, -0.2) is 0 Å². The minimum Gasteiger partial charge on any atom is -0.381 e. The summed E-state index contributed by atoms with van der Waals surface area (Å²) in [5.74, 6) is 1.74. The summed E-state index contributed by atoms with van der Waals surface area (Å²) in [6, 6.07) is 11.1. The third kappa shape index (κ3) is 2.79. The van der Waals surface area contributed by atoms with Crippen LogP contribution in [0.15, 0.2) is 36.5 Å². The van der Waals surface area contributed by atoms with Crippen molar-refractivity contribution in [2.75, 3.05) is 5.32 Å². The van der Waals surface area contributed by atoms with Crippen molar-refractivity contribution in [3.63, 3.8) is 0 Å². The monoisotopic (exact) mass is 268 g/mol. The molecule has 0 atom stereocenters. The number of fused-ring (bicyclic) bond motifs is 1. The van der Waals surface area contributed by atoms with Crippen molar-refractivity contribution in [1.82, 2.24) is 4.98 Å². The number of rotatable bonds is 3. The fraction of sp³-hybridized carbons (Fsp3) is 0.500. The van der Waals surface area contributed by atoms with Crippen molar-refractivity contribution in [3.05, 3.63) is 36.5 Å². The lowest BCUT2D eigenvalue weighted by atomic mass is 9.79. The van der Waals surface area contributed by atoms with Crippen molar-refractivity contribution in [3.8, 4) is 0 Å². The minimum atomic E-state index is 0.609. The second-order valence-electron chi connectivity index (χ2n) is 6.38. The van der Waals surface area contributed by atoms with Crippen molar-refractivity contribution in [2.45, 2.75) is 45.6 Å². The lowest BCUT2D eigenvalue weighted by Crippen LogP contribution is -2.28. The summed E-state index contributed by atoms with van der Waals surface area (Å²) in [6.07, 6.45) is 7.16. The van der Waals surface area contributed by atoms with E-state index in [-0.39, 0.29) is 0 Å². The molecule has 1 aromatic heterocycles. The highest BCUT2D eigenvalue weighted by Crippen LogP contribution is 2.32. The van der Waals surface area contributed by atoms with E-state index >= 15 is 0 Å². The highest BCUT2D eigenvalue weighted by atomic mass is 14.9. The number of pyridine rings is 1. The third-order valence-corrected chi connectivity index (χ3v) is 4.71. The Bertz CT molecular complexity index is 563. The summed E-state index contributed by atoms with van der Waals surface area (Å²) in [4.78, 5) is 4.53. The van der Waals surface area contributed by atoms with Crippen LogP contribution >= 0.6 is 0 Å². The molecule has 1 aliphatic carbocycles. The van der Waals surface area contributed by atoms with E-state index in [0.29, 0.717) is 6.04 Å². The Kier molecular flexibility index (Phi) is 3.90. The lowest BCUT2D eigenvalue weighted by molar-refractivity contribution is 0.267. The van der Waals surface area contributed by atoms with Crippen molar-refractivity contribution in [1.29, 1.82) is 0 Å². The average molecular weight is 268 g/mol. The molecule has 0 bridgehead atoms. The highest BCUT2D eigenvalue weighted by Gasteiger charge is 2.23. The van der Waals surface area contributed by atoms with Crippen molar-refractivity contribution < 1.29 is 0 Å². The summed E-state index contributed by atoms with van der Waals surface area (Å²) in [5.41, 5.74) is 2.29. The number of benzene rings is 1. The molecule has 20 heavy (non-hydrogen) atoms. The predicted molar refractivity (Wildman–Crippen MR) is 85.9 cm³/mol. The van der Waals surface area contributed by atoms with Gasteiger partial charge in [-0.15, -0.1) is 0 Å². The number of nitrogens with zero attached hydrogens (tertiary/aromatic N) is 1. The van der Waals surface area contributed by atoms with E-state index in [2.05, 4.69) is 48.4 Å². The molecule has 2 nitrogen and oxygen atoms in total. The second-order valence-corrected chi connectivity index (χ2v) is 6.38. The van der Waals surface area contributed by atoms with Gasteiger partial charge in [-0.05, 0) is 49.7 Å². The first kappa shape index (κ1) is 13.4. The fourth-order valence-electron chi connectivity index (χ4n) is 3.37. The Hall–Kier alpha value is -1.57. The molecule has 0 aliphatic heterocycles. The van der Waals surface area contributed by atoms with Crippen LogP contribution in [0, 0.1) is 11.8 Å². The van der Waals surface area contributed by atoms with E-state index in [1.807, 2.05) is 12.3 Å². The predicted octanol–water partition coefficient (Wildman–Crippen LogP) is 4.86. The quantitative estimate of drug-likeness (QED) is 0.859. The van der Waals surface area contributed by atoms with Crippen LogP contribution in [0.5, 0.6) is 0 Å². The van der Waals surface area contributed by atoms with Crippen LogP contribution < -0.4 is 5.32 Å². The molecule has 0 spiro atoms. The first-order valence-corrected chi connectivity index (χ1v) is 7.84. The highest BCUT2D eigenvalue weighted by molar-refractivity contribution is 5.90. The van der Waals surface area contributed by atoms with Crippen molar-refractivity contribution in [2.24, 2.45) is 11.8 Å². The van der Waals surface area contributed by atoms with E-state index in [0.717, 1.165) is 17.4 Å². The van der Waals surface area contributed by atoms with E-state index in [9.17, 15) is 0 Å². The molecule has 2 heteroatoms. The molecule has 1 aliphatic rings. The van der Waals surface area contributed by atoms with Crippen LogP contribution in [0.25, 0.3) is 10.9 Å². The second kappa shape index (κ2) is 5.82. The maximum absolute atomic E-state index is 4.53. The van der Waals surface area contributed by atoms with E-state index in [1.54, 1.807) is 0 Å². The Morgan fingerprint density at radius 2 is 1.80 bits per heavy atom. The van der Waals surface area contributed by atoms with Gasteiger partial charge in [0.2, 0.25) is 0 Å². The number of para-hydroxylation sites is 1. The van der Waals surface area contributed by atoms with Gasteiger partial charge >= 0.3 is 0 Å². The Labute approximate surface area is 121 Å². The lowest BCUT2D eigenvalue weighted by Gasteiger charge is -2.32. The summed E-state index contributed by atoms with van der Waals surface area (Å²) in [7, 11) is 0. The van der Waals surface area contributed by atoms with Gasteiger partial charge in [0.25, 0.3) is 0 Å². The molecule has 1 N–H and O–H groups in total. The summed E-state index contributed by atoms with van der Waals surface area (Å²) in [6.45, 7) is 4.71.